The highest BCUT2D eigenvalue weighted by molar-refractivity contribution is 5.76. The van der Waals surface area contributed by atoms with E-state index in [2.05, 4.69) is 20.4 Å². The molecule has 124 valence electrons. The van der Waals surface area contributed by atoms with Crippen molar-refractivity contribution in [2.75, 3.05) is 6.54 Å². The fourth-order valence-electron chi connectivity index (χ4n) is 2.51. The Morgan fingerprint density at radius 2 is 2.13 bits per heavy atom. The average Bonchev–Trinajstić information content (AvgIpc) is 2.88. The van der Waals surface area contributed by atoms with E-state index in [1.54, 1.807) is 6.92 Å². The van der Waals surface area contributed by atoms with E-state index in [9.17, 15) is 9.59 Å². The highest BCUT2D eigenvalue weighted by Gasteiger charge is 2.08. The van der Waals surface area contributed by atoms with Crippen molar-refractivity contribution in [1.82, 2.24) is 25.1 Å². The van der Waals surface area contributed by atoms with E-state index >= 15 is 0 Å². The molecule has 0 radical (unpaired) electrons. The van der Waals surface area contributed by atoms with Crippen molar-refractivity contribution < 1.29 is 4.79 Å². The zero-order valence-electron chi connectivity index (χ0n) is 13.8. The summed E-state index contributed by atoms with van der Waals surface area (Å²) in [5.74, 6) is 0.00615. The van der Waals surface area contributed by atoms with Crippen LogP contribution in [-0.4, -0.2) is 32.2 Å². The zero-order chi connectivity index (χ0) is 16.8. The maximum atomic E-state index is 11.9. The van der Waals surface area contributed by atoms with Crippen LogP contribution in [0.25, 0.3) is 0 Å². The molecule has 2 aromatic heterocycles. The molecule has 0 atom stereocenters. The van der Waals surface area contributed by atoms with Gasteiger partial charge in [0.05, 0.1) is 6.20 Å². The molecule has 2 aromatic rings. The van der Waals surface area contributed by atoms with Gasteiger partial charge in [-0.3, -0.25) is 9.48 Å². The first kappa shape index (κ1) is 16.9. The van der Waals surface area contributed by atoms with Gasteiger partial charge in [0.25, 0.3) is 0 Å². The number of aromatic amines is 1. The number of aryl methyl sites for hydroxylation is 4. The van der Waals surface area contributed by atoms with Crippen LogP contribution >= 0.6 is 0 Å². The number of hydrogen-bond donors (Lipinski definition) is 2. The summed E-state index contributed by atoms with van der Waals surface area (Å²) in [6.45, 7) is 7.04. The van der Waals surface area contributed by atoms with E-state index < -0.39 is 0 Å². The number of amides is 1. The van der Waals surface area contributed by atoms with Crippen LogP contribution < -0.4 is 11.0 Å². The van der Waals surface area contributed by atoms with Gasteiger partial charge in [-0.15, -0.1) is 0 Å². The predicted molar refractivity (Wildman–Crippen MR) is 87.2 cm³/mol. The molecule has 2 N–H and O–H groups in total. The van der Waals surface area contributed by atoms with E-state index in [1.807, 2.05) is 30.9 Å². The third-order valence-corrected chi connectivity index (χ3v) is 3.70. The average molecular weight is 317 g/mol. The minimum absolute atomic E-state index is 0.00615. The first-order valence-corrected chi connectivity index (χ1v) is 7.78. The van der Waals surface area contributed by atoms with Gasteiger partial charge in [-0.2, -0.15) is 10.1 Å². The second-order valence-corrected chi connectivity index (χ2v) is 5.72. The molecule has 0 aliphatic carbocycles. The molecule has 0 saturated carbocycles. The number of rotatable bonds is 7. The first-order valence-electron chi connectivity index (χ1n) is 7.78. The van der Waals surface area contributed by atoms with Crippen LogP contribution in [0.5, 0.6) is 0 Å². The third kappa shape index (κ3) is 5.05. The number of carbonyl (C=O) groups excluding carboxylic acids is 1. The van der Waals surface area contributed by atoms with Crippen molar-refractivity contribution >= 4 is 5.91 Å². The Kier molecular flexibility index (Phi) is 5.67. The highest BCUT2D eigenvalue weighted by atomic mass is 16.1. The number of nitrogens with one attached hydrogen (secondary N) is 2. The quantitative estimate of drug-likeness (QED) is 0.746. The van der Waals surface area contributed by atoms with Gasteiger partial charge in [-0.05, 0) is 44.7 Å². The lowest BCUT2D eigenvalue weighted by molar-refractivity contribution is -0.121. The molecule has 0 unspecified atom stereocenters. The Labute approximate surface area is 135 Å². The molecule has 0 aliphatic rings. The van der Waals surface area contributed by atoms with Crippen LogP contribution in [0.3, 0.4) is 0 Å². The van der Waals surface area contributed by atoms with Crippen LogP contribution in [-0.2, 0) is 17.8 Å². The molecule has 0 aromatic carbocycles. The van der Waals surface area contributed by atoms with Crippen molar-refractivity contribution in [2.24, 2.45) is 0 Å². The molecule has 2 heterocycles. The Morgan fingerprint density at radius 1 is 1.35 bits per heavy atom. The van der Waals surface area contributed by atoms with Crippen molar-refractivity contribution in [2.45, 2.75) is 46.6 Å². The summed E-state index contributed by atoms with van der Waals surface area (Å²) in [5, 5.41) is 7.11. The summed E-state index contributed by atoms with van der Waals surface area (Å²) in [5.41, 5.74) is 3.19. The lowest BCUT2D eigenvalue weighted by Crippen LogP contribution is -2.26. The number of H-pyrrole nitrogens is 1. The fraction of sp³-hybridized carbons (Fsp3) is 0.500. The lowest BCUT2D eigenvalue weighted by atomic mass is 10.1. The molecular weight excluding hydrogens is 294 g/mol. The van der Waals surface area contributed by atoms with Gasteiger partial charge in [-0.1, -0.05) is 0 Å². The van der Waals surface area contributed by atoms with Crippen molar-refractivity contribution in [3.8, 4) is 0 Å². The minimum Gasteiger partial charge on any atom is -0.356 e. The van der Waals surface area contributed by atoms with Gasteiger partial charge in [-0.25, -0.2) is 4.79 Å². The van der Waals surface area contributed by atoms with Gasteiger partial charge in [0.1, 0.15) is 0 Å². The Hall–Kier alpha value is -2.44. The van der Waals surface area contributed by atoms with E-state index in [-0.39, 0.29) is 11.6 Å². The second kappa shape index (κ2) is 7.71. The molecular formula is C16H23N5O2. The first-order chi connectivity index (χ1) is 11.0. The SMILES string of the molecule is Cc1cnn(CCCNC(=O)CCc2c(C)nc(=O)[nH]c2C)c1. The van der Waals surface area contributed by atoms with E-state index in [1.165, 1.54) is 0 Å². The fourth-order valence-corrected chi connectivity index (χ4v) is 2.51. The number of nitrogens with zero attached hydrogens (tertiary/aromatic N) is 3. The Morgan fingerprint density at radius 3 is 2.78 bits per heavy atom. The topological polar surface area (TPSA) is 92.7 Å². The third-order valence-electron chi connectivity index (χ3n) is 3.70. The smallest absolute Gasteiger partial charge is 0.345 e. The second-order valence-electron chi connectivity index (χ2n) is 5.72. The predicted octanol–water partition coefficient (Wildman–Crippen LogP) is 1.03. The summed E-state index contributed by atoms with van der Waals surface area (Å²) in [6.07, 6.45) is 5.60. The van der Waals surface area contributed by atoms with Gasteiger partial charge in [0.15, 0.2) is 0 Å². The van der Waals surface area contributed by atoms with Crippen LogP contribution in [0.15, 0.2) is 17.2 Å². The Bertz CT molecular complexity index is 706. The molecule has 23 heavy (non-hydrogen) atoms. The number of aromatic nitrogens is 4. The van der Waals surface area contributed by atoms with Gasteiger partial charge in [0, 0.05) is 37.1 Å². The Balaban J connectivity index is 1.72. The molecule has 0 spiro atoms. The van der Waals surface area contributed by atoms with Crippen LogP contribution in [0, 0.1) is 20.8 Å². The maximum absolute atomic E-state index is 11.9. The van der Waals surface area contributed by atoms with Gasteiger partial charge >= 0.3 is 5.69 Å². The largest absolute Gasteiger partial charge is 0.356 e. The molecule has 0 bridgehead atoms. The van der Waals surface area contributed by atoms with Crippen LogP contribution in [0.4, 0.5) is 0 Å². The standard InChI is InChI=1S/C16H23N5O2/c1-11-9-18-21(10-11)8-4-7-17-15(22)6-5-14-12(2)19-16(23)20-13(14)3/h9-10H,4-8H2,1-3H3,(H,17,22)(H,19,20,23). The van der Waals surface area contributed by atoms with Crippen LogP contribution in [0.1, 0.15) is 35.4 Å². The molecule has 7 nitrogen and oxygen atoms in total. The monoisotopic (exact) mass is 317 g/mol. The summed E-state index contributed by atoms with van der Waals surface area (Å²) in [6, 6.07) is 0. The van der Waals surface area contributed by atoms with E-state index in [0.29, 0.717) is 25.1 Å². The molecule has 2 rings (SSSR count). The summed E-state index contributed by atoms with van der Waals surface area (Å²) in [7, 11) is 0. The van der Waals surface area contributed by atoms with Gasteiger partial charge < -0.3 is 10.3 Å². The summed E-state index contributed by atoms with van der Waals surface area (Å²) < 4.78 is 1.88. The molecule has 1 amide bonds. The normalized spacial score (nSPS) is 10.7. The maximum Gasteiger partial charge on any atom is 0.345 e. The van der Waals surface area contributed by atoms with Crippen LogP contribution in [0.2, 0.25) is 0 Å². The zero-order valence-corrected chi connectivity index (χ0v) is 13.8. The number of hydrogen-bond acceptors (Lipinski definition) is 4. The molecule has 7 heteroatoms. The summed E-state index contributed by atoms with van der Waals surface area (Å²) in [4.78, 5) is 29.7. The molecule has 0 fully saturated rings. The van der Waals surface area contributed by atoms with E-state index in [4.69, 9.17) is 0 Å². The van der Waals surface area contributed by atoms with Crippen molar-refractivity contribution in [3.05, 3.63) is 45.4 Å². The molecule has 0 aliphatic heterocycles. The number of carbonyl (C=O) groups is 1. The van der Waals surface area contributed by atoms with Crippen molar-refractivity contribution in [1.29, 1.82) is 0 Å². The summed E-state index contributed by atoms with van der Waals surface area (Å²) >= 11 is 0. The highest BCUT2D eigenvalue weighted by Crippen LogP contribution is 2.09. The molecule has 0 saturated heterocycles. The lowest BCUT2D eigenvalue weighted by Gasteiger charge is -2.09. The van der Waals surface area contributed by atoms with E-state index in [0.717, 1.165) is 29.8 Å². The van der Waals surface area contributed by atoms with Gasteiger partial charge in [0.2, 0.25) is 5.91 Å². The van der Waals surface area contributed by atoms with Crippen molar-refractivity contribution in [3.63, 3.8) is 0 Å². The minimum atomic E-state index is -0.345.